The maximum atomic E-state index is 5.83. The number of hydrogen-bond acceptors (Lipinski definition) is 2. The largest absolute Gasteiger partial charge is 0.298 e. The van der Waals surface area contributed by atoms with Crippen molar-refractivity contribution in [1.29, 1.82) is 0 Å². The molecule has 1 aromatic rings. The van der Waals surface area contributed by atoms with Gasteiger partial charge in [-0.25, -0.2) is 0 Å². The average Bonchev–Trinajstić information content (AvgIpc) is 2.94. The number of benzene rings is 1. The standard InChI is InChI=1S/C15H21NO/c1-11-6-7-12-8-9-15(14(12)10-11)16-17-13-4-2-3-5-13/h6-7,10,13,15-16H,2-5,8-9H2,1H3. The van der Waals surface area contributed by atoms with Gasteiger partial charge >= 0.3 is 0 Å². The molecule has 2 aliphatic carbocycles. The van der Waals surface area contributed by atoms with Crippen molar-refractivity contribution >= 4 is 0 Å². The van der Waals surface area contributed by atoms with Crippen LogP contribution in [0.1, 0.15) is 54.8 Å². The summed E-state index contributed by atoms with van der Waals surface area (Å²) < 4.78 is 0. The van der Waals surface area contributed by atoms with Crippen LogP contribution in [0.3, 0.4) is 0 Å². The van der Waals surface area contributed by atoms with Gasteiger partial charge in [-0.3, -0.25) is 4.84 Å². The fourth-order valence-electron chi connectivity index (χ4n) is 3.03. The van der Waals surface area contributed by atoms with E-state index in [9.17, 15) is 0 Å². The van der Waals surface area contributed by atoms with Crippen LogP contribution in [0.25, 0.3) is 0 Å². The topological polar surface area (TPSA) is 21.3 Å². The first-order valence-electron chi connectivity index (χ1n) is 6.83. The van der Waals surface area contributed by atoms with Gasteiger partial charge < -0.3 is 0 Å². The number of aryl methyl sites for hydroxylation is 2. The molecular formula is C15H21NO. The van der Waals surface area contributed by atoms with Gasteiger partial charge in [0, 0.05) is 0 Å². The van der Waals surface area contributed by atoms with E-state index in [1.54, 1.807) is 0 Å². The highest BCUT2D eigenvalue weighted by Gasteiger charge is 2.24. The summed E-state index contributed by atoms with van der Waals surface area (Å²) in [4.78, 5) is 5.83. The van der Waals surface area contributed by atoms with Crippen LogP contribution in [0.15, 0.2) is 18.2 Å². The summed E-state index contributed by atoms with van der Waals surface area (Å²) in [6.07, 6.45) is 7.90. The lowest BCUT2D eigenvalue weighted by Crippen LogP contribution is -2.25. The van der Waals surface area contributed by atoms with Crippen LogP contribution in [-0.2, 0) is 11.3 Å². The smallest absolute Gasteiger partial charge is 0.0790 e. The summed E-state index contributed by atoms with van der Waals surface area (Å²) in [5.41, 5.74) is 7.59. The molecule has 0 heterocycles. The number of nitrogens with one attached hydrogen (secondary N) is 1. The molecule has 1 saturated carbocycles. The molecule has 0 amide bonds. The van der Waals surface area contributed by atoms with Gasteiger partial charge in [-0.15, -0.1) is 0 Å². The Hall–Kier alpha value is -0.860. The maximum Gasteiger partial charge on any atom is 0.0790 e. The molecule has 92 valence electrons. The highest BCUT2D eigenvalue weighted by molar-refractivity contribution is 5.37. The van der Waals surface area contributed by atoms with Crippen LogP contribution < -0.4 is 5.48 Å². The minimum absolute atomic E-state index is 0.408. The molecule has 0 bridgehead atoms. The quantitative estimate of drug-likeness (QED) is 0.804. The van der Waals surface area contributed by atoms with E-state index in [1.165, 1.54) is 55.2 Å². The summed E-state index contributed by atoms with van der Waals surface area (Å²) >= 11 is 0. The van der Waals surface area contributed by atoms with Crippen LogP contribution in [0, 0.1) is 6.92 Å². The number of hydroxylamine groups is 1. The first kappa shape index (κ1) is 11.2. The minimum Gasteiger partial charge on any atom is -0.298 e. The van der Waals surface area contributed by atoms with Gasteiger partial charge in [-0.1, -0.05) is 36.6 Å². The average molecular weight is 231 g/mol. The zero-order chi connectivity index (χ0) is 11.7. The fraction of sp³-hybridized carbons (Fsp3) is 0.600. The van der Waals surface area contributed by atoms with Gasteiger partial charge in [0.05, 0.1) is 12.1 Å². The van der Waals surface area contributed by atoms with E-state index in [0.717, 1.165) is 0 Å². The van der Waals surface area contributed by atoms with Crippen LogP contribution in [0.5, 0.6) is 0 Å². The summed E-state index contributed by atoms with van der Waals surface area (Å²) in [7, 11) is 0. The lowest BCUT2D eigenvalue weighted by Gasteiger charge is -2.18. The fourth-order valence-corrected chi connectivity index (χ4v) is 3.03. The van der Waals surface area contributed by atoms with E-state index in [4.69, 9.17) is 4.84 Å². The van der Waals surface area contributed by atoms with Gasteiger partial charge in [0.2, 0.25) is 0 Å². The van der Waals surface area contributed by atoms with Crippen LogP contribution >= 0.6 is 0 Å². The first-order chi connectivity index (χ1) is 8.33. The van der Waals surface area contributed by atoms with Crippen LogP contribution in [-0.4, -0.2) is 6.10 Å². The molecule has 1 fully saturated rings. The highest BCUT2D eigenvalue weighted by atomic mass is 16.7. The maximum absolute atomic E-state index is 5.83. The lowest BCUT2D eigenvalue weighted by atomic mass is 10.1. The second-order valence-corrected chi connectivity index (χ2v) is 5.44. The van der Waals surface area contributed by atoms with E-state index < -0.39 is 0 Å². The Morgan fingerprint density at radius 1 is 1.18 bits per heavy atom. The van der Waals surface area contributed by atoms with Gasteiger partial charge in [-0.05, 0) is 43.7 Å². The molecule has 0 aliphatic heterocycles. The third-order valence-electron chi connectivity index (χ3n) is 4.06. The Bertz CT molecular complexity index is 396. The van der Waals surface area contributed by atoms with Crippen LogP contribution in [0.2, 0.25) is 0 Å². The molecule has 0 aromatic heterocycles. The van der Waals surface area contributed by atoms with Crippen molar-refractivity contribution in [3.63, 3.8) is 0 Å². The molecule has 17 heavy (non-hydrogen) atoms. The van der Waals surface area contributed by atoms with Gasteiger partial charge in [0.25, 0.3) is 0 Å². The number of hydrogen-bond donors (Lipinski definition) is 1. The molecule has 0 spiro atoms. The minimum atomic E-state index is 0.408. The molecule has 2 heteroatoms. The second-order valence-electron chi connectivity index (χ2n) is 5.44. The Kier molecular flexibility index (Phi) is 3.17. The third kappa shape index (κ3) is 2.38. The highest BCUT2D eigenvalue weighted by Crippen LogP contribution is 2.32. The molecule has 0 radical (unpaired) electrons. The van der Waals surface area contributed by atoms with Crippen molar-refractivity contribution in [2.75, 3.05) is 0 Å². The van der Waals surface area contributed by atoms with Crippen molar-refractivity contribution in [3.05, 3.63) is 34.9 Å². The van der Waals surface area contributed by atoms with Gasteiger partial charge in [-0.2, -0.15) is 5.48 Å². The van der Waals surface area contributed by atoms with Crippen molar-refractivity contribution < 1.29 is 4.84 Å². The molecule has 2 aliphatic rings. The van der Waals surface area contributed by atoms with E-state index in [0.29, 0.717) is 12.1 Å². The molecule has 1 aromatic carbocycles. The summed E-state index contributed by atoms with van der Waals surface area (Å²) in [6.45, 7) is 2.16. The molecule has 2 nitrogen and oxygen atoms in total. The monoisotopic (exact) mass is 231 g/mol. The molecule has 0 saturated heterocycles. The molecule has 1 atom stereocenters. The summed E-state index contributed by atoms with van der Waals surface area (Å²) in [5, 5.41) is 0. The van der Waals surface area contributed by atoms with Crippen molar-refractivity contribution in [2.24, 2.45) is 0 Å². The van der Waals surface area contributed by atoms with Crippen molar-refractivity contribution in [2.45, 2.75) is 57.6 Å². The number of fused-ring (bicyclic) bond motifs is 1. The summed E-state index contributed by atoms with van der Waals surface area (Å²) in [5.74, 6) is 0. The first-order valence-corrected chi connectivity index (χ1v) is 6.83. The SMILES string of the molecule is Cc1ccc2c(c1)C(NOC1CCCC1)CC2. The molecule has 3 rings (SSSR count). The zero-order valence-electron chi connectivity index (χ0n) is 10.5. The Labute approximate surface area is 103 Å². The predicted molar refractivity (Wildman–Crippen MR) is 68.7 cm³/mol. The van der Waals surface area contributed by atoms with Gasteiger partial charge in [0.1, 0.15) is 0 Å². The van der Waals surface area contributed by atoms with E-state index >= 15 is 0 Å². The lowest BCUT2D eigenvalue weighted by molar-refractivity contribution is -0.0405. The Balaban J connectivity index is 1.64. The Morgan fingerprint density at radius 3 is 2.82 bits per heavy atom. The van der Waals surface area contributed by atoms with Crippen molar-refractivity contribution in [3.8, 4) is 0 Å². The van der Waals surface area contributed by atoms with E-state index in [2.05, 4.69) is 30.6 Å². The van der Waals surface area contributed by atoms with E-state index in [1.807, 2.05) is 0 Å². The van der Waals surface area contributed by atoms with Crippen molar-refractivity contribution in [1.82, 2.24) is 5.48 Å². The number of rotatable bonds is 3. The Morgan fingerprint density at radius 2 is 2.00 bits per heavy atom. The van der Waals surface area contributed by atoms with Gasteiger partial charge in [0.15, 0.2) is 0 Å². The molecule has 1 N–H and O–H groups in total. The van der Waals surface area contributed by atoms with Crippen LogP contribution in [0.4, 0.5) is 0 Å². The molecular weight excluding hydrogens is 210 g/mol. The summed E-state index contributed by atoms with van der Waals surface area (Å²) in [6, 6.07) is 7.18. The van der Waals surface area contributed by atoms with E-state index in [-0.39, 0.29) is 0 Å². The zero-order valence-corrected chi connectivity index (χ0v) is 10.5. The third-order valence-corrected chi connectivity index (χ3v) is 4.06. The second kappa shape index (κ2) is 4.79. The normalized spacial score (nSPS) is 24.2. The predicted octanol–water partition coefficient (Wildman–Crippen LogP) is 3.45. The molecule has 1 unspecified atom stereocenters.